The molecule has 0 saturated heterocycles. The molecule has 1 aliphatic rings. The molecule has 3 rings (SSSR count). The molecule has 0 radical (unpaired) electrons. The zero-order valence-electron chi connectivity index (χ0n) is 11.1. The second-order valence-corrected chi connectivity index (χ2v) is 5.33. The van der Waals surface area contributed by atoms with Gasteiger partial charge in [-0.2, -0.15) is 5.10 Å². The van der Waals surface area contributed by atoms with Crippen molar-refractivity contribution in [3.05, 3.63) is 35.9 Å². The molecule has 19 heavy (non-hydrogen) atoms. The van der Waals surface area contributed by atoms with E-state index in [9.17, 15) is 5.11 Å². The van der Waals surface area contributed by atoms with Crippen LogP contribution in [0, 0.1) is 6.92 Å². The summed E-state index contributed by atoms with van der Waals surface area (Å²) in [5, 5.41) is 14.6. The van der Waals surface area contributed by atoms with Crippen molar-refractivity contribution in [2.75, 3.05) is 5.73 Å². The number of aryl methyl sites for hydroxylation is 1. The summed E-state index contributed by atoms with van der Waals surface area (Å²) in [5.74, 6) is 0.627. The lowest BCUT2D eigenvalue weighted by molar-refractivity contribution is 0.131. The van der Waals surface area contributed by atoms with Gasteiger partial charge in [-0.15, -0.1) is 0 Å². The van der Waals surface area contributed by atoms with Crippen molar-refractivity contribution in [3.63, 3.8) is 0 Å². The molecule has 0 spiro atoms. The van der Waals surface area contributed by atoms with E-state index in [1.807, 2.05) is 18.2 Å². The van der Waals surface area contributed by atoms with Crippen LogP contribution in [-0.4, -0.2) is 21.0 Å². The van der Waals surface area contributed by atoms with Crippen molar-refractivity contribution in [3.8, 4) is 11.3 Å². The normalized spacial score (nSPS) is 22.8. The zero-order chi connectivity index (χ0) is 13.4. The van der Waals surface area contributed by atoms with Crippen LogP contribution in [0.2, 0.25) is 0 Å². The highest BCUT2D eigenvalue weighted by Crippen LogP contribution is 2.33. The van der Waals surface area contributed by atoms with Gasteiger partial charge in [-0.05, 0) is 32.3 Å². The van der Waals surface area contributed by atoms with Gasteiger partial charge < -0.3 is 10.8 Å². The zero-order valence-corrected chi connectivity index (χ0v) is 11.1. The number of aliphatic hydroxyl groups is 1. The number of aliphatic hydroxyl groups excluding tert-OH is 1. The Hall–Kier alpha value is -1.81. The molecule has 1 aliphatic carbocycles. The number of benzene rings is 1. The van der Waals surface area contributed by atoms with E-state index in [4.69, 9.17) is 5.73 Å². The lowest BCUT2D eigenvalue weighted by Gasteiger charge is -2.16. The first kappa shape index (κ1) is 12.2. The lowest BCUT2D eigenvalue weighted by atomic mass is 10.1. The molecule has 1 heterocycles. The monoisotopic (exact) mass is 257 g/mol. The van der Waals surface area contributed by atoms with Gasteiger partial charge in [0.25, 0.3) is 0 Å². The molecule has 2 aromatic rings. The molecule has 1 fully saturated rings. The van der Waals surface area contributed by atoms with E-state index in [-0.39, 0.29) is 12.1 Å². The number of hydrogen-bond donors (Lipinski definition) is 2. The molecule has 4 heteroatoms. The summed E-state index contributed by atoms with van der Waals surface area (Å²) in [4.78, 5) is 0. The van der Waals surface area contributed by atoms with Crippen molar-refractivity contribution < 1.29 is 5.11 Å². The van der Waals surface area contributed by atoms with Crippen LogP contribution in [-0.2, 0) is 0 Å². The predicted octanol–water partition coefficient (Wildman–Crippen LogP) is 2.53. The van der Waals surface area contributed by atoms with Crippen LogP contribution in [0.1, 0.15) is 30.9 Å². The minimum Gasteiger partial charge on any atom is -0.391 e. The van der Waals surface area contributed by atoms with Gasteiger partial charge in [-0.1, -0.05) is 23.8 Å². The van der Waals surface area contributed by atoms with Crippen molar-refractivity contribution in [2.45, 2.75) is 38.3 Å². The average molecular weight is 257 g/mol. The maximum Gasteiger partial charge on any atom is 0.122 e. The van der Waals surface area contributed by atoms with Gasteiger partial charge in [0.2, 0.25) is 0 Å². The summed E-state index contributed by atoms with van der Waals surface area (Å²) < 4.78 is 1.79. The van der Waals surface area contributed by atoms with Crippen LogP contribution in [0.3, 0.4) is 0 Å². The third-order valence-corrected chi connectivity index (χ3v) is 3.84. The van der Waals surface area contributed by atoms with Crippen LogP contribution in [0.15, 0.2) is 30.3 Å². The van der Waals surface area contributed by atoms with Crippen molar-refractivity contribution in [2.24, 2.45) is 0 Å². The Bertz CT molecular complexity index is 591. The highest BCUT2D eigenvalue weighted by atomic mass is 16.3. The third kappa shape index (κ3) is 2.24. The number of anilines is 1. The fourth-order valence-corrected chi connectivity index (χ4v) is 2.83. The first-order valence-corrected chi connectivity index (χ1v) is 6.75. The van der Waals surface area contributed by atoms with Gasteiger partial charge in [0.05, 0.1) is 17.8 Å². The van der Waals surface area contributed by atoms with Gasteiger partial charge in [-0.25, -0.2) is 4.68 Å². The van der Waals surface area contributed by atoms with Crippen molar-refractivity contribution in [1.82, 2.24) is 9.78 Å². The van der Waals surface area contributed by atoms with E-state index >= 15 is 0 Å². The molecule has 3 N–H and O–H groups in total. The topological polar surface area (TPSA) is 64.1 Å². The molecule has 4 nitrogen and oxygen atoms in total. The summed E-state index contributed by atoms with van der Waals surface area (Å²) in [6.07, 6.45) is 2.49. The molecule has 1 saturated carbocycles. The second kappa shape index (κ2) is 4.70. The van der Waals surface area contributed by atoms with Crippen LogP contribution >= 0.6 is 0 Å². The number of nitrogens with two attached hydrogens (primary N) is 1. The molecular weight excluding hydrogens is 238 g/mol. The number of nitrogen functional groups attached to an aromatic ring is 1. The fraction of sp³-hybridized carbons (Fsp3) is 0.400. The Kier molecular flexibility index (Phi) is 3.03. The second-order valence-electron chi connectivity index (χ2n) is 5.33. The lowest BCUT2D eigenvalue weighted by Crippen LogP contribution is -2.20. The van der Waals surface area contributed by atoms with E-state index < -0.39 is 0 Å². The van der Waals surface area contributed by atoms with E-state index in [0.29, 0.717) is 5.82 Å². The summed E-state index contributed by atoms with van der Waals surface area (Å²) in [5.41, 5.74) is 9.19. The highest BCUT2D eigenvalue weighted by Gasteiger charge is 2.29. The molecule has 0 aliphatic heterocycles. The standard InChI is InChI=1S/C15H19N3O/c1-10-4-2-5-11(8-10)12-9-15(16)18(17-12)13-6-3-7-14(13)19/h2,4-5,8-9,13-14,19H,3,6-7,16H2,1H3. The van der Waals surface area contributed by atoms with Gasteiger partial charge in [0.1, 0.15) is 5.82 Å². The Morgan fingerprint density at radius 3 is 2.84 bits per heavy atom. The molecule has 0 bridgehead atoms. The fourth-order valence-electron chi connectivity index (χ4n) is 2.83. The first-order valence-electron chi connectivity index (χ1n) is 6.75. The van der Waals surface area contributed by atoms with Crippen LogP contribution in [0.5, 0.6) is 0 Å². The van der Waals surface area contributed by atoms with Gasteiger partial charge >= 0.3 is 0 Å². The molecule has 0 amide bonds. The maximum absolute atomic E-state index is 9.97. The molecule has 1 aromatic carbocycles. The third-order valence-electron chi connectivity index (χ3n) is 3.84. The molecular formula is C15H19N3O. The van der Waals surface area contributed by atoms with E-state index in [0.717, 1.165) is 30.5 Å². The minimum absolute atomic E-state index is 0.0264. The summed E-state index contributed by atoms with van der Waals surface area (Å²) >= 11 is 0. The summed E-state index contributed by atoms with van der Waals surface area (Å²) in [6, 6.07) is 10.1. The Morgan fingerprint density at radius 2 is 2.16 bits per heavy atom. The summed E-state index contributed by atoms with van der Waals surface area (Å²) in [6.45, 7) is 2.06. The SMILES string of the molecule is Cc1cccc(-c2cc(N)n(C3CCCC3O)n2)c1. The van der Waals surface area contributed by atoms with Gasteiger partial charge in [0, 0.05) is 11.6 Å². The van der Waals surface area contributed by atoms with Crippen molar-refractivity contribution >= 4 is 5.82 Å². The summed E-state index contributed by atoms with van der Waals surface area (Å²) in [7, 11) is 0. The number of rotatable bonds is 2. The molecule has 100 valence electrons. The van der Waals surface area contributed by atoms with Crippen LogP contribution < -0.4 is 5.73 Å². The number of hydrogen-bond acceptors (Lipinski definition) is 3. The minimum atomic E-state index is -0.326. The Morgan fingerprint density at radius 1 is 1.32 bits per heavy atom. The molecule has 1 aromatic heterocycles. The smallest absolute Gasteiger partial charge is 0.122 e. The Labute approximate surface area is 112 Å². The Balaban J connectivity index is 1.97. The van der Waals surface area contributed by atoms with Gasteiger partial charge in [-0.3, -0.25) is 0 Å². The van der Waals surface area contributed by atoms with Crippen molar-refractivity contribution in [1.29, 1.82) is 0 Å². The predicted molar refractivity (Wildman–Crippen MR) is 75.7 cm³/mol. The molecule has 2 unspecified atom stereocenters. The number of aromatic nitrogens is 2. The van der Waals surface area contributed by atoms with Gasteiger partial charge in [0.15, 0.2) is 0 Å². The van der Waals surface area contributed by atoms with Crippen LogP contribution in [0.4, 0.5) is 5.82 Å². The largest absolute Gasteiger partial charge is 0.391 e. The van der Waals surface area contributed by atoms with Crippen LogP contribution in [0.25, 0.3) is 11.3 Å². The average Bonchev–Trinajstić information content (AvgIpc) is 2.95. The number of nitrogens with zero attached hydrogens (tertiary/aromatic N) is 2. The highest BCUT2D eigenvalue weighted by molar-refractivity contribution is 5.63. The molecule has 2 atom stereocenters. The van der Waals surface area contributed by atoms with E-state index in [1.54, 1.807) is 4.68 Å². The first-order chi connectivity index (χ1) is 9.15. The van der Waals surface area contributed by atoms with E-state index in [2.05, 4.69) is 24.2 Å². The quantitative estimate of drug-likeness (QED) is 0.869. The maximum atomic E-state index is 9.97. The van der Waals surface area contributed by atoms with E-state index in [1.165, 1.54) is 5.56 Å².